The van der Waals surface area contributed by atoms with Crippen molar-refractivity contribution >= 4 is 62.4 Å². The second-order valence-corrected chi connectivity index (χ2v) is 15.8. The fraction of sp³-hybridized carbons (Fsp3) is 0.425. The van der Waals surface area contributed by atoms with Gasteiger partial charge < -0.3 is 19.3 Å². The van der Waals surface area contributed by atoms with E-state index >= 15 is 0 Å². The van der Waals surface area contributed by atoms with Gasteiger partial charge in [0.1, 0.15) is 5.15 Å². The first-order chi connectivity index (χ1) is 24.5. The van der Waals surface area contributed by atoms with Crippen molar-refractivity contribution in [2.45, 2.75) is 83.6 Å². The van der Waals surface area contributed by atoms with Gasteiger partial charge in [-0.05, 0) is 94.0 Å². The quantitative estimate of drug-likeness (QED) is 0.121. The number of likely N-dealkylation sites (tertiary alicyclic amines) is 1. The summed E-state index contributed by atoms with van der Waals surface area (Å²) in [4.78, 5) is 39.1. The third-order valence-corrected chi connectivity index (χ3v) is 11.1. The smallest absolute Gasteiger partial charge is 0.209 e. The summed E-state index contributed by atoms with van der Waals surface area (Å²) in [5.74, 6) is 1.12. The van der Waals surface area contributed by atoms with Crippen LogP contribution in [0.2, 0.25) is 5.15 Å². The fourth-order valence-electron chi connectivity index (χ4n) is 6.12. The normalized spacial score (nSPS) is 15.8. The molecule has 1 amide bonds. The van der Waals surface area contributed by atoms with E-state index in [1.807, 2.05) is 37.8 Å². The number of fused-ring (bicyclic) bond motifs is 4. The summed E-state index contributed by atoms with van der Waals surface area (Å²) in [6, 6.07) is 16.7. The Balaban J connectivity index is 0.000000216. The van der Waals surface area contributed by atoms with Crippen LogP contribution in [-0.2, 0) is 34.0 Å². The van der Waals surface area contributed by atoms with Crippen LogP contribution in [0.15, 0.2) is 54.7 Å². The van der Waals surface area contributed by atoms with Crippen molar-refractivity contribution in [3.8, 4) is 0 Å². The van der Waals surface area contributed by atoms with Gasteiger partial charge in [-0.25, -0.2) is 9.97 Å². The van der Waals surface area contributed by atoms with E-state index in [1.165, 1.54) is 28.1 Å². The summed E-state index contributed by atoms with van der Waals surface area (Å²) in [5.41, 5.74) is 8.29. The molecule has 0 N–H and O–H groups in total. The molecule has 0 atom stereocenters. The van der Waals surface area contributed by atoms with Crippen molar-refractivity contribution in [2.75, 3.05) is 32.1 Å². The molecule has 0 radical (unpaired) electrons. The molecule has 1 saturated carbocycles. The number of carbonyl (C=O) groups excluding carboxylic acids is 2. The maximum absolute atomic E-state index is 11.0. The van der Waals surface area contributed by atoms with E-state index in [-0.39, 0.29) is 5.60 Å². The number of aromatic nitrogens is 3. The van der Waals surface area contributed by atoms with E-state index in [4.69, 9.17) is 26.1 Å². The number of ether oxygens (including phenoxy) is 2. The lowest BCUT2D eigenvalue weighted by Crippen LogP contribution is -2.31. The van der Waals surface area contributed by atoms with Crippen LogP contribution in [0.3, 0.4) is 0 Å². The fourth-order valence-corrected chi connectivity index (χ4v) is 7.50. The van der Waals surface area contributed by atoms with Crippen molar-refractivity contribution < 1.29 is 19.1 Å². The van der Waals surface area contributed by atoms with Gasteiger partial charge in [0.15, 0.2) is 6.29 Å². The molecule has 3 aromatic heterocycles. The summed E-state index contributed by atoms with van der Waals surface area (Å²) in [6.07, 6.45) is 7.91. The lowest BCUT2D eigenvalue weighted by molar-refractivity contribution is -0.119. The largest absolute Gasteiger partial charge is 0.379 e. The number of thiazole rings is 1. The van der Waals surface area contributed by atoms with Crippen LogP contribution in [0.4, 0.5) is 5.69 Å². The minimum Gasteiger partial charge on any atom is -0.379 e. The number of halogens is 1. The van der Waals surface area contributed by atoms with Gasteiger partial charge in [0.25, 0.3) is 0 Å². The molecule has 0 bridgehead atoms. The number of nitrogens with zero attached hydrogens (tertiary/aromatic N) is 5. The third-order valence-electron chi connectivity index (χ3n) is 9.54. The number of piperidine rings is 1. The average molecular weight is 728 g/mol. The second kappa shape index (κ2) is 16.2. The summed E-state index contributed by atoms with van der Waals surface area (Å²) in [7, 11) is 3.81. The Morgan fingerprint density at radius 1 is 0.961 bits per heavy atom. The molecule has 2 fully saturated rings. The Hall–Kier alpha value is -3.96. The highest BCUT2D eigenvalue weighted by molar-refractivity contribution is 7.18. The monoisotopic (exact) mass is 727 g/mol. The molecule has 5 aromatic rings. The summed E-state index contributed by atoms with van der Waals surface area (Å²) >= 11 is 8.19. The highest BCUT2D eigenvalue weighted by Crippen LogP contribution is 2.39. The maximum atomic E-state index is 11.0. The Bertz CT molecular complexity index is 1980. The zero-order chi connectivity index (χ0) is 36.1. The minimum absolute atomic E-state index is 0.0417. The number of anilines is 1. The first-order valence-corrected chi connectivity index (χ1v) is 18.7. The van der Waals surface area contributed by atoms with Crippen LogP contribution < -0.4 is 4.90 Å². The van der Waals surface area contributed by atoms with Gasteiger partial charge in [-0.2, -0.15) is 0 Å². The van der Waals surface area contributed by atoms with Gasteiger partial charge in [0.05, 0.1) is 39.6 Å². The van der Waals surface area contributed by atoms with E-state index in [1.54, 1.807) is 24.6 Å². The number of rotatable bonds is 7. The average Bonchev–Trinajstić information content (AvgIpc) is 3.70. The van der Waals surface area contributed by atoms with Crippen molar-refractivity contribution in [2.24, 2.45) is 0 Å². The highest BCUT2D eigenvalue weighted by Gasteiger charge is 2.25. The van der Waals surface area contributed by atoms with E-state index in [9.17, 15) is 9.59 Å². The molecule has 1 aliphatic carbocycles. The van der Waals surface area contributed by atoms with E-state index in [0.29, 0.717) is 35.8 Å². The maximum Gasteiger partial charge on any atom is 0.209 e. The standard InChI is InChI=1S/C26H25ClN4O2S.C9H9NO.C5H12O/c1-30(12-16-2-4-19-20-13-33-14-21(20)25(27)28-22(19)10-16)18-3-5-24-23(11-18)29-26(34-24)17-6-8-31(15-32)9-7-17;11-6-7-1-4-9(10-5-7)8-2-3-8;1-5(2,3)6-4/h2-5,10-11,15,17H,6-9,12-14H2,1H3;1,4-6,8H,2-3H2;1-4H3. The van der Waals surface area contributed by atoms with Crippen LogP contribution in [0, 0.1) is 0 Å². The predicted molar refractivity (Wildman–Crippen MR) is 205 cm³/mol. The van der Waals surface area contributed by atoms with Crippen LogP contribution in [-0.4, -0.2) is 65.4 Å². The van der Waals surface area contributed by atoms with Crippen LogP contribution >= 0.6 is 22.9 Å². The molecular formula is C40H46ClN5O4S. The number of amides is 1. The Labute approximate surface area is 309 Å². The molecule has 51 heavy (non-hydrogen) atoms. The summed E-state index contributed by atoms with van der Waals surface area (Å²) in [5, 5.41) is 2.86. The predicted octanol–water partition coefficient (Wildman–Crippen LogP) is 8.70. The second-order valence-electron chi connectivity index (χ2n) is 14.4. The molecule has 3 aliphatic rings. The van der Waals surface area contributed by atoms with Crippen molar-refractivity contribution in [3.05, 3.63) is 92.8 Å². The van der Waals surface area contributed by atoms with Crippen LogP contribution in [0.25, 0.3) is 21.1 Å². The molecular weight excluding hydrogens is 682 g/mol. The Morgan fingerprint density at radius 2 is 1.71 bits per heavy atom. The molecule has 11 heteroatoms. The summed E-state index contributed by atoms with van der Waals surface area (Å²) < 4.78 is 11.7. The van der Waals surface area contributed by atoms with Crippen molar-refractivity contribution in [1.82, 2.24) is 19.9 Å². The SMILES string of the molecule is CN(Cc1ccc2c3c(c(Cl)nc2c1)COC3)c1ccc2sc(C3CCN(C=O)CC3)nc2c1.COC(C)(C)C.O=Cc1ccc(C2CC2)nc1. The van der Waals surface area contributed by atoms with Gasteiger partial charge in [0.2, 0.25) is 6.41 Å². The van der Waals surface area contributed by atoms with Gasteiger partial charge in [-0.1, -0.05) is 23.7 Å². The lowest BCUT2D eigenvalue weighted by Gasteiger charge is -2.27. The van der Waals surface area contributed by atoms with E-state index in [2.05, 4.69) is 58.3 Å². The van der Waals surface area contributed by atoms with Gasteiger partial charge >= 0.3 is 0 Å². The molecule has 5 heterocycles. The number of hydrogen-bond donors (Lipinski definition) is 0. The van der Waals surface area contributed by atoms with E-state index < -0.39 is 0 Å². The van der Waals surface area contributed by atoms with E-state index in [0.717, 1.165) is 84.1 Å². The molecule has 8 rings (SSSR count). The third kappa shape index (κ3) is 9.29. The highest BCUT2D eigenvalue weighted by atomic mass is 35.5. The molecule has 268 valence electrons. The van der Waals surface area contributed by atoms with Crippen molar-refractivity contribution in [3.63, 3.8) is 0 Å². The number of benzene rings is 2. The molecule has 9 nitrogen and oxygen atoms in total. The lowest BCUT2D eigenvalue weighted by atomic mass is 9.98. The zero-order valence-electron chi connectivity index (χ0n) is 30.0. The number of aldehydes is 1. The minimum atomic E-state index is 0.0417. The van der Waals surface area contributed by atoms with Gasteiger partial charge in [-0.15, -0.1) is 11.3 Å². The number of pyridine rings is 2. The molecule has 0 unspecified atom stereocenters. The number of carbonyl (C=O) groups is 2. The Morgan fingerprint density at radius 3 is 2.35 bits per heavy atom. The Kier molecular flexibility index (Phi) is 11.7. The van der Waals surface area contributed by atoms with Crippen LogP contribution in [0.1, 0.15) is 96.0 Å². The first-order valence-electron chi connectivity index (χ1n) is 17.5. The summed E-state index contributed by atoms with van der Waals surface area (Å²) in [6.45, 7) is 9.60. The van der Waals surface area contributed by atoms with Crippen LogP contribution in [0.5, 0.6) is 0 Å². The molecule has 2 aromatic carbocycles. The molecule has 2 aliphatic heterocycles. The zero-order valence-corrected chi connectivity index (χ0v) is 31.6. The van der Waals surface area contributed by atoms with Gasteiger partial charge in [-0.3, -0.25) is 14.6 Å². The molecule has 0 spiro atoms. The van der Waals surface area contributed by atoms with Gasteiger partial charge in [0, 0.05) is 79.7 Å². The van der Waals surface area contributed by atoms with Crippen molar-refractivity contribution in [1.29, 1.82) is 0 Å². The topological polar surface area (TPSA) is 97.8 Å². The number of methoxy groups -OCH3 is 1. The first kappa shape index (κ1) is 36.8. The number of hydrogen-bond acceptors (Lipinski definition) is 9. The molecule has 1 saturated heterocycles.